The van der Waals surface area contributed by atoms with Gasteiger partial charge in [0, 0.05) is 26.0 Å². The Kier molecular flexibility index (Phi) is 4.19. The molecule has 6 nitrogen and oxygen atoms in total. The van der Waals surface area contributed by atoms with Gasteiger partial charge in [-0.05, 0) is 17.7 Å². The highest BCUT2D eigenvalue weighted by Crippen LogP contribution is 2.40. The Balaban J connectivity index is 2.52. The second kappa shape index (κ2) is 5.19. The number of pyridine rings is 1. The maximum absolute atomic E-state index is 11.4. The van der Waals surface area contributed by atoms with Gasteiger partial charge in [0.05, 0.1) is 0 Å². The normalized spacial score (nSPS) is 15.0. The molecule has 1 rings (SSSR count). The fourth-order valence-corrected chi connectivity index (χ4v) is 1.50. The van der Waals surface area contributed by atoms with Gasteiger partial charge in [-0.1, -0.05) is 0 Å². The van der Waals surface area contributed by atoms with E-state index in [1.807, 2.05) is 0 Å². The van der Waals surface area contributed by atoms with Crippen LogP contribution in [0.4, 0.5) is 0 Å². The maximum atomic E-state index is 11.4. The zero-order valence-electron chi connectivity index (χ0n) is 7.71. The SMILES string of the molecule is COP(=O)(NCc1ccncc1)ON. The molecule has 0 saturated carbocycles. The second-order valence-electron chi connectivity index (χ2n) is 2.48. The molecule has 0 aliphatic heterocycles. The molecule has 0 fully saturated rings. The molecule has 0 saturated heterocycles. The molecule has 0 aromatic carbocycles. The summed E-state index contributed by atoms with van der Waals surface area (Å²) in [6.45, 7) is 0.338. The van der Waals surface area contributed by atoms with Crippen LogP contribution in [0.15, 0.2) is 24.5 Å². The predicted molar refractivity (Wildman–Crippen MR) is 51.0 cm³/mol. The summed E-state index contributed by atoms with van der Waals surface area (Å²) >= 11 is 0. The van der Waals surface area contributed by atoms with E-state index in [4.69, 9.17) is 5.90 Å². The van der Waals surface area contributed by atoms with Gasteiger partial charge in [-0.2, -0.15) is 0 Å². The third kappa shape index (κ3) is 3.17. The van der Waals surface area contributed by atoms with Gasteiger partial charge >= 0.3 is 7.75 Å². The molecule has 1 heterocycles. The van der Waals surface area contributed by atoms with Crippen LogP contribution in [0.5, 0.6) is 0 Å². The predicted octanol–water partition coefficient (Wildman–Crippen LogP) is 0.816. The van der Waals surface area contributed by atoms with Crippen molar-refractivity contribution in [3.05, 3.63) is 30.1 Å². The first-order valence-electron chi connectivity index (χ1n) is 3.88. The molecular weight excluding hydrogens is 205 g/mol. The molecular formula is C7H12N3O3P. The van der Waals surface area contributed by atoms with Crippen LogP contribution in [0, 0.1) is 0 Å². The quantitative estimate of drug-likeness (QED) is 0.560. The van der Waals surface area contributed by atoms with Gasteiger partial charge in [0.2, 0.25) is 0 Å². The van der Waals surface area contributed by atoms with Crippen molar-refractivity contribution in [1.82, 2.24) is 10.1 Å². The van der Waals surface area contributed by atoms with Gasteiger partial charge in [0.25, 0.3) is 0 Å². The van der Waals surface area contributed by atoms with Crippen molar-refractivity contribution in [3.8, 4) is 0 Å². The standard InChI is InChI=1S/C7H12N3O3P/c1-12-14(11,13-8)10-6-7-2-4-9-5-3-7/h2-5H,6,8H2,1H3,(H,10,11). The minimum atomic E-state index is -3.34. The van der Waals surface area contributed by atoms with Crippen LogP contribution >= 0.6 is 7.75 Å². The Morgan fingerprint density at radius 3 is 2.71 bits per heavy atom. The van der Waals surface area contributed by atoms with Crippen LogP contribution in [0.2, 0.25) is 0 Å². The molecule has 0 radical (unpaired) electrons. The van der Waals surface area contributed by atoms with Crippen molar-refractivity contribution >= 4 is 7.75 Å². The van der Waals surface area contributed by atoms with Crippen LogP contribution in [-0.4, -0.2) is 12.1 Å². The fourth-order valence-electron chi connectivity index (χ4n) is 0.834. The lowest BCUT2D eigenvalue weighted by Crippen LogP contribution is -2.15. The van der Waals surface area contributed by atoms with Gasteiger partial charge in [-0.25, -0.2) is 20.2 Å². The van der Waals surface area contributed by atoms with E-state index in [1.165, 1.54) is 7.11 Å². The average Bonchev–Trinajstić information content (AvgIpc) is 2.27. The summed E-state index contributed by atoms with van der Waals surface area (Å²) in [5.41, 5.74) is 0.911. The summed E-state index contributed by atoms with van der Waals surface area (Å²) in [5, 5.41) is 2.57. The topological polar surface area (TPSA) is 86.5 Å². The van der Waals surface area contributed by atoms with Crippen LogP contribution in [0.3, 0.4) is 0 Å². The first-order valence-corrected chi connectivity index (χ1v) is 5.43. The van der Waals surface area contributed by atoms with E-state index < -0.39 is 7.75 Å². The van der Waals surface area contributed by atoms with E-state index in [1.54, 1.807) is 24.5 Å². The van der Waals surface area contributed by atoms with Gasteiger partial charge in [0.15, 0.2) is 0 Å². The van der Waals surface area contributed by atoms with Gasteiger partial charge in [-0.15, -0.1) is 0 Å². The van der Waals surface area contributed by atoms with Crippen molar-refractivity contribution in [2.75, 3.05) is 7.11 Å². The maximum Gasteiger partial charge on any atom is 0.421 e. The summed E-state index contributed by atoms with van der Waals surface area (Å²) in [5.74, 6) is 4.82. The van der Waals surface area contributed by atoms with E-state index in [0.717, 1.165) is 5.56 Å². The molecule has 0 aliphatic carbocycles. The Labute approximate surface area is 82.0 Å². The summed E-state index contributed by atoms with van der Waals surface area (Å²) in [4.78, 5) is 3.85. The lowest BCUT2D eigenvalue weighted by Gasteiger charge is -2.13. The van der Waals surface area contributed by atoms with Crippen molar-refractivity contribution < 1.29 is 13.7 Å². The molecule has 7 heteroatoms. The number of nitrogens with one attached hydrogen (secondary N) is 1. The first kappa shape index (κ1) is 11.3. The molecule has 0 bridgehead atoms. The number of rotatable bonds is 5. The van der Waals surface area contributed by atoms with Gasteiger partial charge < -0.3 is 0 Å². The molecule has 1 atom stereocenters. The summed E-state index contributed by atoms with van der Waals surface area (Å²) in [6, 6.07) is 3.56. The minimum absolute atomic E-state index is 0.338. The largest absolute Gasteiger partial charge is 0.421 e. The number of aromatic nitrogens is 1. The Bertz CT molecular complexity index is 311. The lowest BCUT2D eigenvalue weighted by molar-refractivity contribution is 0.229. The smallest absolute Gasteiger partial charge is 0.299 e. The Morgan fingerprint density at radius 1 is 1.57 bits per heavy atom. The monoisotopic (exact) mass is 217 g/mol. The van der Waals surface area contributed by atoms with Gasteiger partial charge in [-0.3, -0.25) is 9.51 Å². The number of nitrogens with two attached hydrogens (primary N) is 1. The molecule has 0 amide bonds. The van der Waals surface area contributed by atoms with Crippen LogP contribution < -0.4 is 11.0 Å². The molecule has 0 aliphatic rings. The third-order valence-electron chi connectivity index (χ3n) is 1.61. The first-order chi connectivity index (χ1) is 6.70. The van der Waals surface area contributed by atoms with Crippen molar-refractivity contribution in [3.63, 3.8) is 0 Å². The van der Waals surface area contributed by atoms with Crippen molar-refractivity contribution in [1.29, 1.82) is 0 Å². The molecule has 1 aromatic rings. The summed E-state index contributed by atoms with van der Waals surface area (Å²) < 4.78 is 20.2. The van der Waals surface area contributed by atoms with E-state index in [2.05, 4.69) is 19.2 Å². The van der Waals surface area contributed by atoms with Crippen LogP contribution in [0.25, 0.3) is 0 Å². The summed E-state index contributed by atoms with van der Waals surface area (Å²) in [7, 11) is -2.08. The minimum Gasteiger partial charge on any atom is -0.299 e. The van der Waals surface area contributed by atoms with E-state index >= 15 is 0 Å². The number of hydrogen-bond acceptors (Lipinski definition) is 5. The number of hydrogen-bond donors (Lipinski definition) is 2. The molecule has 78 valence electrons. The van der Waals surface area contributed by atoms with Crippen molar-refractivity contribution in [2.45, 2.75) is 6.54 Å². The number of nitrogens with zero attached hydrogens (tertiary/aromatic N) is 1. The highest BCUT2D eigenvalue weighted by molar-refractivity contribution is 7.51. The molecule has 3 N–H and O–H groups in total. The second-order valence-corrected chi connectivity index (χ2v) is 4.36. The van der Waals surface area contributed by atoms with Crippen LogP contribution in [-0.2, 0) is 20.3 Å². The van der Waals surface area contributed by atoms with E-state index in [9.17, 15) is 4.57 Å². The highest BCUT2D eigenvalue weighted by Gasteiger charge is 2.20. The molecule has 14 heavy (non-hydrogen) atoms. The summed E-state index contributed by atoms with van der Waals surface area (Å²) in [6.07, 6.45) is 3.27. The zero-order chi connectivity index (χ0) is 10.4. The molecule has 1 unspecified atom stereocenters. The van der Waals surface area contributed by atoms with Crippen molar-refractivity contribution in [2.24, 2.45) is 5.90 Å². The molecule has 0 spiro atoms. The zero-order valence-corrected chi connectivity index (χ0v) is 8.61. The van der Waals surface area contributed by atoms with E-state index in [0.29, 0.717) is 6.54 Å². The Hall–Kier alpha value is -0.780. The Morgan fingerprint density at radius 2 is 2.21 bits per heavy atom. The lowest BCUT2D eigenvalue weighted by atomic mass is 10.3. The van der Waals surface area contributed by atoms with Crippen LogP contribution in [0.1, 0.15) is 5.56 Å². The fraction of sp³-hybridized carbons (Fsp3) is 0.286. The highest BCUT2D eigenvalue weighted by atomic mass is 31.2. The average molecular weight is 217 g/mol. The van der Waals surface area contributed by atoms with Gasteiger partial charge in [0.1, 0.15) is 0 Å². The molecule has 1 aromatic heterocycles. The van der Waals surface area contributed by atoms with E-state index in [-0.39, 0.29) is 0 Å². The third-order valence-corrected chi connectivity index (χ3v) is 2.91.